The number of aryl methyl sites for hydroxylation is 1. The van der Waals surface area contributed by atoms with E-state index in [2.05, 4.69) is 10.2 Å². The van der Waals surface area contributed by atoms with Crippen molar-refractivity contribution in [2.75, 3.05) is 26.2 Å². The minimum atomic E-state index is 0.0676. The molecule has 1 aliphatic rings. The minimum absolute atomic E-state index is 0.0676. The molecule has 0 atom stereocenters. The van der Waals surface area contributed by atoms with E-state index in [0.717, 1.165) is 25.1 Å². The van der Waals surface area contributed by atoms with Crippen LogP contribution in [0.15, 0.2) is 11.4 Å². The molecule has 0 aromatic carbocycles. The van der Waals surface area contributed by atoms with Crippen LogP contribution in [0.2, 0.25) is 0 Å². The molecule has 1 amide bonds. The van der Waals surface area contributed by atoms with Crippen molar-refractivity contribution in [3.05, 3.63) is 21.9 Å². The summed E-state index contributed by atoms with van der Waals surface area (Å²) >= 11 is 1.63. The van der Waals surface area contributed by atoms with E-state index >= 15 is 0 Å². The Balaban J connectivity index is 1.61. The first kappa shape index (κ1) is 13.6. The molecule has 1 aromatic rings. The van der Waals surface area contributed by atoms with Crippen LogP contribution >= 0.6 is 11.3 Å². The SMILES string of the molecule is Cc1cc(C(=O)NCCCN2CCCCC2)cs1. The van der Waals surface area contributed by atoms with E-state index in [1.807, 2.05) is 18.4 Å². The highest BCUT2D eigenvalue weighted by Gasteiger charge is 2.10. The largest absolute Gasteiger partial charge is 0.352 e. The number of likely N-dealkylation sites (tertiary alicyclic amines) is 1. The summed E-state index contributed by atoms with van der Waals surface area (Å²) in [4.78, 5) is 15.5. The number of nitrogens with one attached hydrogen (secondary N) is 1. The van der Waals surface area contributed by atoms with Gasteiger partial charge in [-0.15, -0.1) is 11.3 Å². The number of thiophene rings is 1. The molecule has 1 aliphatic heterocycles. The van der Waals surface area contributed by atoms with Crippen molar-refractivity contribution in [3.63, 3.8) is 0 Å². The van der Waals surface area contributed by atoms with Crippen LogP contribution in [0.25, 0.3) is 0 Å². The van der Waals surface area contributed by atoms with Crippen LogP contribution < -0.4 is 5.32 Å². The van der Waals surface area contributed by atoms with Crippen LogP contribution in [0.4, 0.5) is 0 Å². The fourth-order valence-electron chi connectivity index (χ4n) is 2.35. The number of amides is 1. The van der Waals surface area contributed by atoms with Crippen molar-refractivity contribution in [3.8, 4) is 0 Å². The fourth-order valence-corrected chi connectivity index (χ4v) is 3.04. The number of rotatable bonds is 5. The van der Waals surface area contributed by atoms with Gasteiger partial charge in [-0.1, -0.05) is 6.42 Å². The van der Waals surface area contributed by atoms with Gasteiger partial charge >= 0.3 is 0 Å². The molecule has 0 saturated carbocycles. The summed E-state index contributed by atoms with van der Waals surface area (Å²) in [7, 11) is 0. The van der Waals surface area contributed by atoms with Crippen LogP contribution in [-0.2, 0) is 0 Å². The van der Waals surface area contributed by atoms with Gasteiger partial charge < -0.3 is 10.2 Å². The monoisotopic (exact) mass is 266 g/mol. The van der Waals surface area contributed by atoms with E-state index in [1.165, 1.54) is 37.2 Å². The predicted octanol–water partition coefficient (Wildman–Crippen LogP) is 2.66. The molecule has 1 saturated heterocycles. The highest BCUT2D eigenvalue weighted by Crippen LogP contribution is 2.12. The van der Waals surface area contributed by atoms with Gasteiger partial charge in [0.1, 0.15) is 0 Å². The van der Waals surface area contributed by atoms with E-state index < -0.39 is 0 Å². The van der Waals surface area contributed by atoms with Crippen molar-refractivity contribution in [1.82, 2.24) is 10.2 Å². The van der Waals surface area contributed by atoms with Gasteiger partial charge in [-0.3, -0.25) is 4.79 Å². The maximum absolute atomic E-state index is 11.8. The Morgan fingerprint density at radius 3 is 2.83 bits per heavy atom. The van der Waals surface area contributed by atoms with Crippen molar-refractivity contribution < 1.29 is 4.79 Å². The first-order valence-corrected chi connectivity index (χ1v) is 7.69. The molecule has 2 heterocycles. The normalized spacial score (nSPS) is 16.7. The second-order valence-corrected chi connectivity index (χ2v) is 6.07. The lowest BCUT2D eigenvalue weighted by molar-refractivity contribution is 0.0951. The van der Waals surface area contributed by atoms with Crippen molar-refractivity contribution in [2.24, 2.45) is 0 Å². The van der Waals surface area contributed by atoms with Gasteiger partial charge in [0, 0.05) is 16.8 Å². The molecule has 0 radical (unpaired) electrons. The third kappa shape index (κ3) is 4.10. The van der Waals surface area contributed by atoms with E-state index in [1.54, 1.807) is 11.3 Å². The quantitative estimate of drug-likeness (QED) is 0.831. The first-order chi connectivity index (χ1) is 8.75. The smallest absolute Gasteiger partial charge is 0.252 e. The van der Waals surface area contributed by atoms with E-state index in [-0.39, 0.29) is 5.91 Å². The Labute approximate surface area is 113 Å². The molecule has 2 rings (SSSR count). The maximum Gasteiger partial charge on any atom is 0.252 e. The summed E-state index contributed by atoms with van der Waals surface area (Å²) in [5, 5.41) is 4.92. The van der Waals surface area contributed by atoms with Gasteiger partial charge in [0.05, 0.1) is 5.56 Å². The lowest BCUT2D eigenvalue weighted by Crippen LogP contribution is -2.33. The zero-order valence-electron chi connectivity index (χ0n) is 11.1. The Kier molecular flexibility index (Phi) is 5.20. The number of hydrogen-bond acceptors (Lipinski definition) is 3. The molecule has 1 aromatic heterocycles. The van der Waals surface area contributed by atoms with Crippen molar-refractivity contribution in [1.29, 1.82) is 0 Å². The summed E-state index contributed by atoms with van der Waals surface area (Å²) in [6.45, 7) is 6.39. The van der Waals surface area contributed by atoms with E-state index in [0.29, 0.717) is 0 Å². The summed E-state index contributed by atoms with van der Waals surface area (Å²) in [5.41, 5.74) is 0.801. The van der Waals surface area contributed by atoms with Crippen LogP contribution in [0, 0.1) is 6.92 Å². The molecule has 0 bridgehead atoms. The molecule has 1 N–H and O–H groups in total. The van der Waals surface area contributed by atoms with E-state index in [4.69, 9.17) is 0 Å². The van der Waals surface area contributed by atoms with Crippen molar-refractivity contribution in [2.45, 2.75) is 32.6 Å². The van der Waals surface area contributed by atoms with Crippen molar-refractivity contribution >= 4 is 17.2 Å². The third-order valence-electron chi connectivity index (χ3n) is 3.38. The van der Waals surface area contributed by atoms with Crippen LogP contribution in [-0.4, -0.2) is 37.0 Å². The third-order valence-corrected chi connectivity index (χ3v) is 4.24. The Bertz CT molecular complexity index is 383. The number of hydrogen-bond donors (Lipinski definition) is 1. The highest BCUT2D eigenvalue weighted by atomic mass is 32.1. The Hall–Kier alpha value is -0.870. The molecule has 1 fully saturated rings. The van der Waals surface area contributed by atoms with Gasteiger partial charge in [0.2, 0.25) is 0 Å². The molecule has 0 aliphatic carbocycles. The number of carbonyl (C=O) groups is 1. The molecular weight excluding hydrogens is 244 g/mol. The van der Waals surface area contributed by atoms with Gasteiger partial charge in [0.15, 0.2) is 0 Å². The van der Waals surface area contributed by atoms with E-state index in [9.17, 15) is 4.79 Å². The van der Waals surface area contributed by atoms with Crippen LogP contribution in [0.3, 0.4) is 0 Å². The molecule has 0 unspecified atom stereocenters. The van der Waals surface area contributed by atoms with Gasteiger partial charge in [0.25, 0.3) is 5.91 Å². The average Bonchev–Trinajstić information content (AvgIpc) is 2.82. The van der Waals surface area contributed by atoms with Gasteiger partial charge in [-0.2, -0.15) is 0 Å². The lowest BCUT2D eigenvalue weighted by Gasteiger charge is -2.26. The Morgan fingerprint density at radius 2 is 2.17 bits per heavy atom. The second-order valence-electron chi connectivity index (χ2n) is 4.96. The number of piperidine rings is 1. The van der Waals surface area contributed by atoms with Gasteiger partial charge in [-0.25, -0.2) is 0 Å². The standard InChI is InChI=1S/C14H22N2OS/c1-12-10-13(11-18-12)14(17)15-6-5-9-16-7-3-2-4-8-16/h10-11H,2-9H2,1H3,(H,15,17). The zero-order valence-corrected chi connectivity index (χ0v) is 11.9. The van der Waals surface area contributed by atoms with Crippen LogP contribution in [0.5, 0.6) is 0 Å². The molecular formula is C14H22N2OS. The first-order valence-electron chi connectivity index (χ1n) is 6.81. The topological polar surface area (TPSA) is 32.3 Å². The Morgan fingerprint density at radius 1 is 1.39 bits per heavy atom. The summed E-state index contributed by atoms with van der Waals surface area (Å²) < 4.78 is 0. The van der Waals surface area contributed by atoms with Crippen LogP contribution in [0.1, 0.15) is 40.9 Å². The maximum atomic E-state index is 11.8. The number of carbonyl (C=O) groups excluding carboxylic acids is 1. The predicted molar refractivity (Wildman–Crippen MR) is 76.3 cm³/mol. The number of nitrogens with zero attached hydrogens (tertiary/aromatic N) is 1. The minimum Gasteiger partial charge on any atom is -0.352 e. The lowest BCUT2D eigenvalue weighted by atomic mass is 10.1. The summed E-state index contributed by atoms with van der Waals surface area (Å²) in [6, 6.07) is 1.95. The molecule has 0 spiro atoms. The molecule has 4 heteroatoms. The second kappa shape index (κ2) is 6.90. The summed E-state index contributed by atoms with van der Waals surface area (Å²) in [6.07, 6.45) is 5.10. The van der Waals surface area contributed by atoms with Gasteiger partial charge in [-0.05, 0) is 51.9 Å². The molecule has 100 valence electrons. The average molecular weight is 266 g/mol. The summed E-state index contributed by atoms with van der Waals surface area (Å²) in [5.74, 6) is 0.0676. The molecule has 18 heavy (non-hydrogen) atoms. The fraction of sp³-hybridized carbons (Fsp3) is 0.643. The zero-order chi connectivity index (χ0) is 12.8. The highest BCUT2D eigenvalue weighted by molar-refractivity contribution is 7.10. The molecule has 3 nitrogen and oxygen atoms in total.